The van der Waals surface area contributed by atoms with E-state index in [4.69, 9.17) is 9.72 Å². The number of hydrogen-bond acceptors (Lipinski definition) is 7. The van der Waals surface area contributed by atoms with Crippen molar-refractivity contribution in [2.75, 3.05) is 49.1 Å². The lowest BCUT2D eigenvalue weighted by molar-refractivity contribution is -0.142. The smallest absolute Gasteiger partial charge is 0.257 e. The Kier molecular flexibility index (Phi) is 4.81. The van der Waals surface area contributed by atoms with Gasteiger partial charge in [0.2, 0.25) is 5.91 Å². The van der Waals surface area contributed by atoms with E-state index < -0.39 is 0 Å². The van der Waals surface area contributed by atoms with Gasteiger partial charge in [0.15, 0.2) is 5.82 Å². The Morgan fingerprint density at radius 2 is 1.73 bits per heavy atom. The molecule has 0 aliphatic carbocycles. The van der Waals surface area contributed by atoms with Gasteiger partial charge in [-0.05, 0) is 18.2 Å². The predicted molar refractivity (Wildman–Crippen MR) is 127 cm³/mol. The Balaban J connectivity index is 1.07. The summed E-state index contributed by atoms with van der Waals surface area (Å²) in [6.45, 7) is 6.93. The van der Waals surface area contributed by atoms with Crippen LogP contribution >= 0.6 is 0 Å². The fourth-order valence-corrected chi connectivity index (χ4v) is 5.31. The van der Waals surface area contributed by atoms with E-state index in [1.807, 2.05) is 17.0 Å². The van der Waals surface area contributed by atoms with Crippen LogP contribution in [0.2, 0.25) is 0 Å². The maximum Gasteiger partial charge on any atom is 0.257 e. The molecule has 3 aliphatic rings. The van der Waals surface area contributed by atoms with Crippen molar-refractivity contribution in [2.24, 2.45) is 5.41 Å². The normalized spacial score (nSPS) is 20.0. The maximum atomic E-state index is 11.5. The highest BCUT2D eigenvalue weighted by Gasteiger charge is 2.53. The molecule has 1 aromatic carbocycles. The van der Waals surface area contributed by atoms with Gasteiger partial charge in [-0.1, -0.05) is 18.2 Å². The van der Waals surface area contributed by atoms with E-state index in [9.17, 15) is 4.79 Å². The summed E-state index contributed by atoms with van der Waals surface area (Å²) in [7, 11) is 0. The largest absolute Gasteiger partial charge is 0.472 e. The standard InChI is InChI=1S/C25H28N6O2/c1-18(32)30-14-25(15-30)16-31(17-25)23-24(27-11-10-26-23)33-20-8-12-29(13-9-20)22-7-6-19-4-2-3-5-21(19)28-22/h2-7,10-11,20H,8-9,12-17H2,1H3. The Morgan fingerprint density at radius 3 is 2.52 bits per heavy atom. The quantitative estimate of drug-likeness (QED) is 0.613. The number of likely N-dealkylation sites (tertiary alicyclic amines) is 1. The van der Waals surface area contributed by atoms with Gasteiger partial charge in [-0.15, -0.1) is 0 Å². The fraction of sp³-hybridized carbons (Fsp3) is 0.440. The Morgan fingerprint density at radius 1 is 0.970 bits per heavy atom. The highest BCUT2D eigenvalue weighted by Crippen LogP contribution is 2.43. The molecule has 3 aromatic rings. The zero-order valence-electron chi connectivity index (χ0n) is 18.9. The van der Waals surface area contributed by atoms with Gasteiger partial charge in [0, 0.05) is 82.2 Å². The molecule has 8 nitrogen and oxygen atoms in total. The monoisotopic (exact) mass is 444 g/mol. The predicted octanol–water partition coefficient (Wildman–Crippen LogP) is 2.74. The zero-order chi connectivity index (χ0) is 22.4. The molecule has 0 N–H and O–H groups in total. The number of para-hydroxylation sites is 1. The van der Waals surface area contributed by atoms with E-state index in [-0.39, 0.29) is 17.4 Å². The zero-order valence-corrected chi connectivity index (χ0v) is 18.9. The SMILES string of the molecule is CC(=O)N1CC2(C1)CN(c1nccnc1OC1CCN(c3ccc4ccccc4n3)CC1)C2. The molecule has 0 radical (unpaired) electrons. The second-order valence-electron chi connectivity index (χ2n) is 9.58. The van der Waals surface area contributed by atoms with Gasteiger partial charge in [-0.3, -0.25) is 4.79 Å². The summed E-state index contributed by atoms with van der Waals surface area (Å²) < 4.78 is 6.35. The van der Waals surface area contributed by atoms with Crippen molar-refractivity contribution in [3.05, 3.63) is 48.8 Å². The van der Waals surface area contributed by atoms with Crippen LogP contribution in [0.3, 0.4) is 0 Å². The topological polar surface area (TPSA) is 74.7 Å². The van der Waals surface area contributed by atoms with E-state index in [1.54, 1.807) is 19.3 Å². The van der Waals surface area contributed by atoms with Crippen molar-refractivity contribution in [1.29, 1.82) is 0 Å². The Hall–Kier alpha value is -3.42. The number of amides is 1. The van der Waals surface area contributed by atoms with E-state index in [0.29, 0.717) is 5.88 Å². The van der Waals surface area contributed by atoms with Crippen LogP contribution in [0.15, 0.2) is 48.8 Å². The molecule has 33 heavy (non-hydrogen) atoms. The molecule has 6 rings (SSSR count). The number of aromatic nitrogens is 3. The summed E-state index contributed by atoms with van der Waals surface area (Å²) in [5, 5.41) is 1.17. The summed E-state index contributed by atoms with van der Waals surface area (Å²) in [4.78, 5) is 31.9. The van der Waals surface area contributed by atoms with Crippen LogP contribution in [0.5, 0.6) is 5.88 Å². The molecular formula is C25H28N6O2. The lowest BCUT2D eigenvalue weighted by atomic mass is 9.73. The first-order chi connectivity index (χ1) is 16.1. The Labute approximate surface area is 193 Å². The lowest BCUT2D eigenvalue weighted by Crippen LogP contribution is -2.73. The molecule has 1 spiro atoms. The summed E-state index contributed by atoms with van der Waals surface area (Å²) in [5.74, 6) is 2.63. The van der Waals surface area contributed by atoms with Gasteiger partial charge in [0.1, 0.15) is 11.9 Å². The van der Waals surface area contributed by atoms with Crippen LogP contribution < -0.4 is 14.5 Å². The molecule has 5 heterocycles. The molecule has 1 amide bonds. The minimum absolute atomic E-state index is 0.115. The van der Waals surface area contributed by atoms with Crippen molar-refractivity contribution >= 4 is 28.4 Å². The van der Waals surface area contributed by atoms with E-state index >= 15 is 0 Å². The lowest BCUT2D eigenvalue weighted by Gasteiger charge is -2.60. The van der Waals surface area contributed by atoms with Crippen molar-refractivity contribution in [3.8, 4) is 5.88 Å². The van der Waals surface area contributed by atoms with Gasteiger partial charge < -0.3 is 19.4 Å². The minimum Gasteiger partial charge on any atom is -0.472 e. The number of carbonyl (C=O) groups is 1. The van der Waals surface area contributed by atoms with Crippen molar-refractivity contribution in [3.63, 3.8) is 0 Å². The number of piperidine rings is 1. The molecule has 3 saturated heterocycles. The first-order valence-electron chi connectivity index (χ1n) is 11.7. The number of carbonyl (C=O) groups excluding carboxylic acids is 1. The van der Waals surface area contributed by atoms with Gasteiger partial charge in [0.05, 0.1) is 5.52 Å². The summed E-state index contributed by atoms with van der Waals surface area (Å²) in [6, 6.07) is 12.5. The van der Waals surface area contributed by atoms with Crippen LogP contribution in [0.25, 0.3) is 10.9 Å². The second-order valence-corrected chi connectivity index (χ2v) is 9.58. The molecule has 3 aliphatic heterocycles. The molecule has 170 valence electrons. The van der Waals surface area contributed by atoms with Crippen LogP contribution in [0, 0.1) is 5.41 Å². The molecule has 0 saturated carbocycles. The van der Waals surface area contributed by atoms with Crippen LogP contribution in [0.1, 0.15) is 19.8 Å². The van der Waals surface area contributed by atoms with E-state index in [1.165, 1.54) is 5.39 Å². The number of benzene rings is 1. The summed E-state index contributed by atoms with van der Waals surface area (Å²) >= 11 is 0. The molecule has 0 bridgehead atoms. The number of ether oxygens (including phenoxy) is 1. The summed E-state index contributed by atoms with van der Waals surface area (Å²) in [5.41, 5.74) is 1.25. The van der Waals surface area contributed by atoms with Crippen molar-refractivity contribution in [1.82, 2.24) is 19.9 Å². The number of pyridine rings is 1. The van der Waals surface area contributed by atoms with Crippen molar-refractivity contribution in [2.45, 2.75) is 25.9 Å². The third kappa shape index (κ3) is 3.73. The third-order valence-electron chi connectivity index (χ3n) is 7.12. The third-order valence-corrected chi connectivity index (χ3v) is 7.12. The van der Waals surface area contributed by atoms with Gasteiger partial charge in [-0.25, -0.2) is 15.0 Å². The number of nitrogens with zero attached hydrogens (tertiary/aromatic N) is 6. The van der Waals surface area contributed by atoms with E-state index in [2.05, 4.69) is 44.0 Å². The molecular weight excluding hydrogens is 416 g/mol. The molecule has 3 fully saturated rings. The molecule has 0 unspecified atom stereocenters. The molecule has 2 aromatic heterocycles. The van der Waals surface area contributed by atoms with Gasteiger partial charge in [-0.2, -0.15) is 0 Å². The highest BCUT2D eigenvalue weighted by atomic mass is 16.5. The van der Waals surface area contributed by atoms with Crippen molar-refractivity contribution < 1.29 is 9.53 Å². The van der Waals surface area contributed by atoms with Crippen LogP contribution in [0.4, 0.5) is 11.6 Å². The summed E-state index contributed by atoms with van der Waals surface area (Å²) in [6.07, 6.45) is 5.38. The average molecular weight is 445 g/mol. The average Bonchev–Trinajstić information content (AvgIpc) is 2.78. The maximum absolute atomic E-state index is 11.5. The number of fused-ring (bicyclic) bond motifs is 1. The Bertz CT molecular complexity index is 1180. The van der Waals surface area contributed by atoms with Gasteiger partial charge >= 0.3 is 0 Å². The van der Waals surface area contributed by atoms with Gasteiger partial charge in [0.25, 0.3) is 5.88 Å². The molecule has 0 atom stereocenters. The number of hydrogen-bond donors (Lipinski definition) is 0. The van der Waals surface area contributed by atoms with Crippen LogP contribution in [-0.2, 0) is 4.79 Å². The number of rotatable bonds is 4. The highest BCUT2D eigenvalue weighted by molar-refractivity contribution is 5.80. The molecule has 8 heteroatoms. The number of anilines is 2. The fourth-order valence-electron chi connectivity index (χ4n) is 5.31. The first-order valence-corrected chi connectivity index (χ1v) is 11.7. The first kappa shape index (κ1) is 20.2. The second kappa shape index (κ2) is 7.86. The minimum atomic E-state index is 0.115. The van der Waals surface area contributed by atoms with Crippen LogP contribution in [-0.4, -0.2) is 71.1 Å². The van der Waals surface area contributed by atoms with E-state index in [0.717, 1.165) is 69.3 Å².